The van der Waals surface area contributed by atoms with Gasteiger partial charge in [-0.2, -0.15) is 4.98 Å². The van der Waals surface area contributed by atoms with Gasteiger partial charge in [-0.15, -0.1) is 4.74 Å². The first-order chi connectivity index (χ1) is 11.1. The van der Waals surface area contributed by atoms with Crippen molar-refractivity contribution in [2.45, 2.75) is 6.54 Å². The zero-order chi connectivity index (χ0) is 16.2. The van der Waals surface area contributed by atoms with E-state index in [4.69, 9.17) is 16.1 Å². The largest absolute Gasteiger partial charge is 0.380 e. The van der Waals surface area contributed by atoms with Gasteiger partial charge >= 0.3 is 5.69 Å². The van der Waals surface area contributed by atoms with Crippen molar-refractivity contribution in [3.05, 3.63) is 70.1 Å². The molecule has 0 saturated heterocycles. The van der Waals surface area contributed by atoms with Crippen molar-refractivity contribution >= 4 is 23.2 Å². The number of hydrogen-bond acceptors (Lipinski definition) is 4. The average Bonchev–Trinajstić information content (AvgIpc) is 2.91. The van der Waals surface area contributed by atoms with Crippen molar-refractivity contribution < 1.29 is 9.32 Å². The van der Waals surface area contributed by atoms with Crippen LogP contribution in [0.3, 0.4) is 0 Å². The molecule has 116 valence electrons. The Morgan fingerprint density at radius 2 is 1.83 bits per heavy atom. The Morgan fingerprint density at radius 1 is 1.13 bits per heavy atom. The topological polar surface area (TPSA) is 77.1 Å². The van der Waals surface area contributed by atoms with E-state index < -0.39 is 11.6 Å². The average molecular weight is 330 g/mol. The van der Waals surface area contributed by atoms with E-state index in [-0.39, 0.29) is 12.4 Å². The number of para-hydroxylation sites is 1. The van der Waals surface area contributed by atoms with E-state index >= 15 is 0 Å². The van der Waals surface area contributed by atoms with Crippen LogP contribution in [0.1, 0.15) is 0 Å². The van der Waals surface area contributed by atoms with Crippen molar-refractivity contribution in [2.24, 2.45) is 0 Å². The molecule has 7 heteroatoms. The van der Waals surface area contributed by atoms with Crippen LogP contribution < -0.4 is 11.0 Å². The van der Waals surface area contributed by atoms with Gasteiger partial charge in [0.25, 0.3) is 5.89 Å². The van der Waals surface area contributed by atoms with Gasteiger partial charge in [0, 0.05) is 5.56 Å². The first-order valence-electron chi connectivity index (χ1n) is 6.81. The Labute approximate surface area is 136 Å². The second-order valence-electron chi connectivity index (χ2n) is 4.72. The SMILES string of the molecule is O=C(Cn1oc(-c2ccccc2)nc1=O)Nc1ccccc1Cl. The van der Waals surface area contributed by atoms with E-state index in [0.717, 1.165) is 4.74 Å². The Kier molecular flexibility index (Phi) is 4.25. The Hall–Kier alpha value is -2.86. The molecule has 0 unspecified atom stereocenters. The molecular formula is C16H12ClN3O3. The van der Waals surface area contributed by atoms with Crippen LogP contribution in [0.4, 0.5) is 5.69 Å². The molecule has 0 aliphatic rings. The molecule has 0 spiro atoms. The first kappa shape index (κ1) is 15.1. The van der Waals surface area contributed by atoms with Gasteiger partial charge in [0.05, 0.1) is 10.7 Å². The standard InChI is InChI=1S/C16H12ClN3O3/c17-12-8-4-5-9-13(12)18-14(21)10-20-16(22)19-15(23-20)11-6-2-1-3-7-11/h1-9H,10H2,(H,18,21). The summed E-state index contributed by atoms with van der Waals surface area (Å²) in [5, 5.41) is 3.03. The van der Waals surface area contributed by atoms with Gasteiger partial charge in [0.2, 0.25) is 5.91 Å². The minimum atomic E-state index is -0.627. The van der Waals surface area contributed by atoms with Gasteiger partial charge in [0.1, 0.15) is 6.54 Å². The lowest BCUT2D eigenvalue weighted by molar-refractivity contribution is -0.117. The molecule has 1 N–H and O–H groups in total. The number of benzene rings is 2. The smallest absolute Gasteiger partial charge is 0.354 e. The molecule has 23 heavy (non-hydrogen) atoms. The van der Waals surface area contributed by atoms with E-state index in [2.05, 4.69) is 10.3 Å². The molecule has 3 rings (SSSR count). The third-order valence-electron chi connectivity index (χ3n) is 3.06. The zero-order valence-electron chi connectivity index (χ0n) is 11.9. The number of aromatic nitrogens is 2. The summed E-state index contributed by atoms with van der Waals surface area (Å²) in [6, 6.07) is 15.8. The molecule has 0 saturated carbocycles. The molecule has 1 amide bonds. The van der Waals surface area contributed by atoms with Crippen LogP contribution >= 0.6 is 11.6 Å². The summed E-state index contributed by atoms with van der Waals surface area (Å²) in [4.78, 5) is 27.6. The monoisotopic (exact) mass is 329 g/mol. The zero-order valence-corrected chi connectivity index (χ0v) is 12.7. The highest BCUT2D eigenvalue weighted by Crippen LogP contribution is 2.20. The van der Waals surface area contributed by atoms with E-state index in [1.807, 2.05) is 6.07 Å². The number of amides is 1. The van der Waals surface area contributed by atoms with Crippen LogP contribution in [-0.2, 0) is 11.3 Å². The molecule has 1 aromatic heterocycles. The van der Waals surface area contributed by atoms with Crippen LogP contribution in [0.5, 0.6) is 0 Å². The number of nitrogens with zero attached hydrogens (tertiary/aromatic N) is 2. The summed E-state index contributed by atoms with van der Waals surface area (Å²) in [7, 11) is 0. The lowest BCUT2D eigenvalue weighted by Gasteiger charge is -2.06. The Morgan fingerprint density at radius 3 is 2.57 bits per heavy atom. The van der Waals surface area contributed by atoms with E-state index in [1.165, 1.54) is 0 Å². The minimum absolute atomic E-state index is 0.168. The summed E-state index contributed by atoms with van der Waals surface area (Å²) < 4.78 is 6.24. The van der Waals surface area contributed by atoms with Gasteiger partial charge in [-0.25, -0.2) is 4.79 Å². The number of carbonyl (C=O) groups excluding carboxylic acids is 1. The number of nitrogens with one attached hydrogen (secondary N) is 1. The maximum atomic E-state index is 12.0. The van der Waals surface area contributed by atoms with Gasteiger partial charge in [-0.05, 0) is 24.3 Å². The van der Waals surface area contributed by atoms with Crippen LogP contribution in [0.2, 0.25) is 5.02 Å². The number of carbonyl (C=O) groups is 1. The lowest BCUT2D eigenvalue weighted by atomic mass is 10.2. The van der Waals surface area contributed by atoms with Crippen molar-refractivity contribution in [1.29, 1.82) is 0 Å². The highest BCUT2D eigenvalue weighted by Gasteiger charge is 2.13. The minimum Gasteiger partial charge on any atom is -0.354 e. The van der Waals surface area contributed by atoms with Crippen LogP contribution in [0, 0.1) is 0 Å². The number of rotatable bonds is 4. The second-order valence-corrected chi connectivity index (χ2v) is 5.13. The fourth-order valence-electron chi connectivity index (χ4n) is 1.99. The molecule has 3 aromatic rings. The van der Waals surface area contributed by atoms with Gasteiger partial charge < -0.3 is 9.84 Å². The molecule has 6 nitrogen and oxygen atoms in total. The van der Waals surface area contributed by atoms with E-state index in [1.54, 1.807) is 48.5 Å². The van der Waals surface area contributed by atoms with Gasteiger partial charge in [-0.3, -0.25) is 4.79 Å². The summed E-state index contributed by atoms with van der Waals surface area (Å²) >= 11 is 5.97. The van der Waals surface area contributed by atoms with Gasteiger partial charge in [-0.1, -0.05) is 41.9 Å². The fraction of sp³-hybridized carbons (Fsp3) is 0.0625. The highest BCUT2D eigenvalue weighted by atomic mass is 35.5. The molecular weight excluding hydrogens is 318 g/mol. The molecule has 0 bridgehead atoms. The lowest BCUT2D eigenvalue weighted by Crippen LogP contribution is -2.25. The number of hydrogen-bond donors (Lipinski definition) is 1. The van der Waals surface area contributed by atoms with Crippen molar-refractivity contribution in [3.8, 4) is 11.5 Å². The van der Waals surface area contributed by atoms with Crippen molar-refractivity contribution in [1.82, 2.24) is 9.72 Å². The van der Waals surface area contributed by atoms with E-state index in [9.17, 15) is 9.59 Å². The predicted molar refractivity (Wildman–Crippen MR) is 86.3 cm³/mol. The second kappa shape index (κ2) is 6.50. The normalized spacial score (nSPS) is 10.5. The highest BCUT2D eigenvalue weighted by molar-refractivity contribution is 6.33. The summed E-state index contributed by atoms with van der Waals surface area (Å²) in [5.74, 6) is -0.267. The van der Waals surface area contributed by atoms with Crippen LogP contribution in [0.15, 0.2) is 63.9 Å². The summed E-state index contributed by atoms with van der Waals surface area (Å²) in [5.41, 5.74) is 0.503. The molecule has 0 fully saturated rings. The third kappa shape index (κ3) is 3.49. The van der Waals surface area contributed by atoms with Gasteiger partial charge in [0.15, 0.2) is 0 Å². The maximum absolute atomic E-state index is 12.0. The molecule has 0 atom stereocenters. The molecule has 2 aromatic carbocycles. The van der Waals surface area contributed by atoms with Crippen LogP contribution in [-0.4, -0.2) is 15.6 Å². The number of anilines is 1. The summed E-state index contributed by atoms with van der Waals surface area (Å²) in [6.45, 7) is -0.288. The van der Waals surface area contributed by atoms with Crippen LogP contribution in [0.25, 0.3) is 11.5 Å². The first-order valence-corrected chi connectivity index (χ1v) is 7.19. The molecule has 0 radical (unpaired) electrons. The molecule has 1 heterocycles. The molecule has 0 aliphatic heterocycles. The van der Waals surface area contributed by atoms with Crippen molar-refractivity contribution in [2.75, 3.05) is 5.32 Å². The van der Waals surface area contributed by atoms with Crippen molar-refractivity contribution in [3.63, 3.8) is 0 Å². The fourth-order valence-corrected chi connectivity index (χ4v) is 2.17. The van der Waals surface area contributed by atoms with E-state index in [0.29, 0.717) is 16.3 Å². The maximum Gasteiger partial charge on any atom is 0.380 e. The Balaban J connectivity index is 1.76. The Bertz CT molecular complexity index is 887. The predicted octanol–water partition coefficient (Wildman–Crippen LogP) is 2.80. The molecule has 0 aliphatic carbocycles. The number of halogens is 1. The quantitative estimate of drug-likeness (QED) is 0.798. The summed E-state index contributed by atoms with van der Waals surface area (Å²) in [6.07, 6.45) is 0. The third-order valence-corrected chi connectivity index (χ3v) is 3.39.